The molecule has 0 aliphatic carbocycles. The topological polar surface area (TPSA) is 81.0 Å². The van der Waals surface area contributed by atoms with E-state index < -0.39 is 44.1 Å². The number of esters is 1. The predicted molar refractivity (Wildman–Crippen MR) is 115 cm³/mol. The summed E-state index contributed by atoms with van der Waals surface area (Å²) in [6.45, 7) is 6.20. The Kier molecular flexibility index (Phi) is 6.14. The maximum atomic E-state index is 14.7. The highest BCUT2D eigenvalue weighted by molar-refractivity contribution is 9.10. The average Bonchev–Trinajstić information content (AvgIpc) is 2.63. The van der Waals surface area contributed by atoms with Gasteiger partial charge in [0.1, 0.15) is 33.9 Å². The van der Waals surface area contributed by atoms with Gasteiger partial charge in [0, 0.05) is 12.3 Å². The van der Waals surface area contributed by atoms with Crippen molar-refractivity contribution in [3.8, 4) is 0 Å². The molecule has 10 heteroatoms. The van der Waals surface area contributed by atoms with Crippen molar-refractivity contribution in [3.63, 3.8) is 0 Å². The minimum absolute atomic E-state index is 0.232. The fourth-order valence-corrected chi connectivity index (χ4v) is 7.24. The zero-order valence-electron chi connectivity index (χ0n) is 17.5. The first-order chi connectivity index (χ1) is 13.8. The Morgan fingerprint density at radius 3 is 2.70 bits per heavy atom. The molecule has 3 rings (SSSR count). The molecule has 2 aliphatic heterocycles. The number of pyridine rings is 1. The molecule has 0 saturated heterocycles. The van der Waals surface area contributed by atoms with E-state index in [-0.39, 0.29) is 23.6 Å². The smallest absolute Gasteiger partial charge is 0.312 e. The van der Waals surface area contributed by atoms with Crippen molar-refractivity contribution in [1.82, 2.24) is 4.98 Å². The first kappa shape index (κ1) is 23.2. The van der Waals surface area contributed by atoms with Gasteiger partial charge in [-0.1, -0.05) is 0 Å². The molecule has 0 radical (unpaired) electrons. The number of aliphatic imine (C=N–C) groups is 1. The van der Waals surface area contributed by atoms with Gasteiger partial charge in [0.15, 0.2) is 0 Å². The van der Waals surface area contributed by atoms with Gasteiger partial charge in [-0.2, -0.15) is 0 Å². The maximum absolute atomic E-state index is 14.7. The van der Waals surface area contributed by atoms with E-state index in [4.69, 9.17) is 4.74 Å². The van der Waals surface area contributed by atoms with E-state index in [0.717, 1.165) is 6.07 Å². The van der Waals surface area contributed by atoms with Crippen molar-refractivity contribution in [2.45, 2.75) is 62.8 Å². The molecule has 1 aromatic heterocycles. The third kappa shape index (κ3) is 4.17. The number of carbonyl (C=O) groups is 1. The van der Waals surface area contributed by atoms with Gasteiger partial charge in [0.05, 0.1) is 26.6 Å². The van der Waals surface area contributed by atoms with Crippen LogP contribution in [-0.2, 0) is 24.8 Å². The number of fused-ring (bicyclic) bond motifs is 1. The van der Waals surface area contributed by atoms with Gasteiger partial charge in [-0.15, -0.1) is 0 Å². The molecule has 0 bridgehead atoms. The van der Waals surface area contributed by atoms with Crippen LogP contribution in [-0.4, -0.2) is 50.2 Å². The van der Waals surface area contributed by atoms with Crippen LogP contribution in [0.3, 0.4) is 0 Å². The van der Waals surface area contributed by atoms with Gasteiger partial charge in [0.2, 0.25) is 0 Å². The molecule has 0 unspecified atom stereocenters. The second-order valence-corrected chi connectivity index (χ2v) is 12.5. The standard InChI is InChI=1S/C20H26BrF2N3O3S/c1-18(2,3)29-16(27)10-14-19(4)8-5-9-24-30(19,28)12-20(11-22,26-14)17-13(23)6-7-15(21)25-17/h6-7H,5,8-12H2,1-4H3/t19-,20-,30+/m0/s1. The number of ether oxygens (including phenoxy) is 1. The Morgan fingerprint density at radius 2 is 2.07 bits per heavy atom. The van der Waals surface area contributed by atoms with Crippen molar-refractivity contribution in [1.29, 1.82) is 0 Å². The van der Waals surface area contributed by atoms with E-state index >= 15 is 0 Å². The maximum Gasteiger partial charge on any atom is 0.312 e. The van der Waals surface area contributed by atoms with Crippen LogP contribution in [0.15, 0.2) is 26.1 Å². The van der Waals surface area contributed by atoms with Crippen LogP contribution in [0.2, 0.25) is 0 Å². The number of halogens is 3. The summed E-state index contributed by atoms with van der Waals surface area (Å²) in [7, 11) is -3.04. The molecule has 2 aliphatic rings. The Bertz CT molecular complexity index is 1020. The van der Waals surface area contributed by atoms with Crippen molar-refractivity contribution in [3.05, 3.63) is 28.2 Å². The Labute approximate surface area is 184 Å². The summed E-state index contributed by atoms with van der Waals surface area (Å²) in [5.41, 5.74) is -2.55. The molecular formula is C20H26BrF2N3O3S. The normalized spacial score (nSPS) is 31.4. The fraction of sp³-hybridized carbons (Fsp3) is 0.650. The number of alkyl halides is 1. The summed E-state index contributed by atoms with van der Waals surface area (Å²) in [4.78, 5) is 21.3. The number of nitrogens with zero attached hydrogens (tertiary/aromatic N) is 3. The van der Waals surface area contributed by atoms with E-state index in [1.165, 1.54) is 6.07 Å². The number of hydrogen-bond donors (Lipinski definition) is 0. The van der Waals surface area contributed by atoms with Crippen LogP contribution < -0.4 is 0 Å². The minimum atomic E-state index is -3.04. The lowest BCUT2D eigenvalue weighted by Crippen LogP contribution is -2.57. The Balaban J connectivity index is 2.20. The lowest BCUT2D eigenvalue weighted by Gasteiger charge is -2.45. The molecule has 0 N–H and O–H groups in total. The molecule has 0 amide bonds. The largest absolute Gasteiger partial charge is 0.460 e. The van der Waals surface area contributed by atoms with Crippen LogP contribution in [0, 0.1) is 5.82 Å². The average molecular weight is 506 g/mol. The second kappa shape index (κ2) is 7.93. The Hall–Kier alpha value is -1.42. The highest BCUT2D eigenvalue weighted by Gasteiger charge is 2.54. The summed E-state index contributed by atoms with van der Waals surface area (Å²) in [5.74, 6) is -1.60. The molecule has 3 heterocycles. The van der Waals surface area contributed by atoms with Crippen molar-refractivity contribution < 1.29 is 22.5 Å². The van der Waals surface area contributed by atoms with Gasteiger partial charge in [-0.05, 0) is 68.6 Å². The zero-order chi connectivity index (χ0) is 22.4. The van der Waals surface area contributed by atoms with E-state index in [1.807, 2.05) is 0 Å². The SMILES string of the molecule is CC(C)(C)OC(=O)CC1=N[C@](CF)(c2nc(Br)ccc2F)C[S@]2(=O)=NCCC[C@@]12C. The zero-order valence-corrected chi connectivity index (χ0v) is 19.9. The van der Waals surface area contributed by atoms with Crippen LogP contribution in [0.1, 0.15) is 52.7 Å². The molecule has 0 fully saturated rings. The molecular weight excluding hydrogens is 480 g/mol. The molecule has 0 spiro atoms. The molecule has 166 valence electrons. The fourth-order valence-electron chi connectivity index (χ4n) is 3.93. The van der Waals surface area contributed by atoms with Crippen molar-refractivity contribution in [2.75, 3.05) is 19.0 Å². The highest BCUT2D eigenvalue weighted by Crippen LogP contribution is 2.44. The van der Waals surface area contributed by atoms with Crippen LogP contribution in [0.4, 0.5) is 8.78 Å². The first-order valence-electron chi connectivity index (χ1n) is 9.74. The van der Waals surface area contributed by atoms with Gasteiger partial charge in [-0.25, -0.2) is 22.3 Å². The molecule has 6 nitrogen and oxygen atoms in total. The summed E-state index contributed by atoms with van der Waals surface area (Å²) >= 11 is 3.18. The van der Waals surface area contributed by atoms with Gasteiger partial charge < -0.3 is 4.74 Å². The molecule has 3 atom stereocenters. The van der Waals surface area contributed by atoms with E-state index in [0.29, 0.717) is 24.0 Å². The third-order valence-corrected chi connectivity index (χ3v) is 9.17. The Morgan fingerprint density at radius 1 is 1.37 bits per heavy atom. The van der Waals surface area contributed by atoms with Crippen molar-refractivity contribution >= 4 is 37.3 Å². The van der Waals surface area contributed by atoms with Gasteiger partial charge >= 0.3 is 5.97 Å². The minimum Gasteiger partial charge on any atom is -0.460 e. The van der Waals surface area contributed by atoms with Crippen LogP contribution in [0.25, 0.3) is 0 Å². The number of carbonyl (C=O) groups excluding carboxylic acids is 1. The number of hydrogen-bond acceptors (Lipinski definition) is 6. The second-order valence-electron chi connectivity index (χ2n) is 8.92. The van der Waals surface area contributed by atoms with E-state index in [2.05, 4.69) is 30.3 Å². The summed E-state index contributed by atoms with van der Waals surface area (Å²) in [5, 5.41) is 0. The monoisotopic (exact) mass is 505 g/mol. The van der Waals surface area contributed by atoms with E-state index in [9.17, 15) is 17.8 Å². The number of rotatable bonds is 4. The summed E-state index contributed by atoms with van der Waals surface area (Å²) in [6, 6.07) is 2.55. The van der Waals surface area contributed by atoms with Crippen LogP contribution >= 0.6 is 15.9 Å². The lowest BCUT2D eigenvalue weighted by atomic mass is 9.91. The van der Waals surface area contributed by atoms with Crippen LogP contribution in [0.5, 0.6) is 0 Å². The quantitative estimate of drug-likeness (QED) is 0.449. The lowest BCUT2D eigenvalue weighted by molar-refractivity contribution is -0.153. The molecule has 30 heavy (non-hydrogen) atoms. The summed E-state index contributed by atoms with van der Waals surface area (Å²) < 4.78 is 52.3. The van der Waals surface area contributed by atoms with Crippen molar-refractivity contribution in [2.24, 2.45) is 9.36 Å². The van der Waals surface area contributed by atoms with E-state index in [1.54, 1.807) is 27.7 Å². The molecule has 0 aromatic carbocycles. The van der Waals surface area contributed by atoms with Gasteiger partial charge in [-0.3, -0.25) is 9.79 Å². The molecule has 0 saturated carbocycles. The highest BCUT2D eigenvalue weighted by atomic mass is 79.9. The molecule has 1 aromatic rings. The summed E-state index contributed by atoms with van der Waals surface area (Å²) in [6.07, 6.45) is 0.901. The third-order valence-electron chi connectivity index (χ3n) is 5.42. The first-order valence-corrected chi connectivity index (χ1v) is 12.2. The predicted octanol–water partition coefficient (Wildman–Crippen LogP) is 4.35. The number of aromatic nitrogens is 1. The van der Waals surface area contributed by atoms with Gasteiger partial charge in [0.25, 0.3) is 0 Å².